The summed E-state index contributed by atoms with van der Waals surface area (Å²) in [4.78, 5) is 41.0. The maximum absolute atomic E-state index is 13.8. The van der Waals surface area contributed by atoms with Gasteiger partial charge in [-0.15, -0.1) is 0 Å². The molecule has 8 heteroatoms. The number of fused-ring (bicyclic) bond motifs is 1. The van der Waals surface area contributed by atoms with E-state index in [1.165, 1.54) is 24.3 Å². The minimum absolute atomic E-state index is 0.0630. The molecule has 2 aliphatic rings. The topological polar surface area (TPSA) is 82.2 Å². The van der Waals surface area contributed by atoms with Crippen LogP contribution in [0, 0.1) is 0 Å². The number of benzene rings is 3. The summed E-state index contributed by atoms with van der Waals surface area (Å²) in [5.74, 6) is -3.66. The van der Waals surface area contributed by atoms with Crippen molar-refractivity contribution in [3.8, 4) is 0 Å². The number of likely N-dealkylation sites (N-methyl/N-ethyl adjacent to an activating group) is 2. The zero-order chi connectivity index (χ0) is 44.2. The van der Waals surface area contributed by atoms with Crippen LogP contribution in [0.1, 0.15) is 57.3 Å². The monoisotopic (exact) mass is 569 g/mol. The largest absolute Gasteiger partial charge is 0.465 e. The minimum atomic E-state index is -3.60. The zero-order valence-electron chi connectivity index (χ0n) is 39.5. The Kier molecular flexibility index (Phi) is 4.15. The first-order valence-electron chi connectivity index (χ1n) is 20.7. The summed E-state index contributed by atoms with van der Waals surface area (Å²) in [6.45, 7) is -12.6. The number of piperazine rings is 1. The number of hydrogen-bond acceptors (Lipinski definition) is 6. The summed E-state index contributed by atoms with van der Waals surface area (Å²) >= 11 is 0. The van der Waals surface area contributed by atoms with Crippen molar-refractivity contribution in [2.45, 2.75) is 19.4 Å². The van der Waals surface area contributed by atoms with E-state index in [1.54, 1.807) is 0 Å². The Labute approximate surface area is 265 Å². The molecule has 0 spiro atoms. The Hall–Kier alpha value is -4.27. The van der Waals surface area contributed by atoms with E-state index in [1.807, 2.05) is 0 Å². The third-order valence-corrected chi connectivity index (χ3v) is 6.34. The molecule has 212 valence electrons. The van der Waals surface area contributed by atoms with Gasteiger partial charge in [0.2, 0.25) is 5.91 Å². The predicted molar refractivity (Wildman–Crippen MR) is 162 cm³/mol. The Bertz CT molecular complexity index is 2260. The molecule has 0 bridgehead atoms. The SMILES string of the molecule is [2H]c1c([2H])c([2H])c(/C(Cc2ccc(N(C)C(=O)C([2H])([2H])N3C([2H])([2H])C([2H])([2H])N(C)C([2H])(C)C3([2H])[2H])cc2)=C2/C(=O)Nc3c([2H])c(C(=O)OC)c([2H])c([2H])c32)c([2H])c1[2H]. The number of carbonyl (C=O) groups excluding carboxylic acids is 3. The fraction of sp³-hybridized carbons (Fsp3) is 0.303. The van der Waals surface area contributed by atoms with Crippen LogP contribution in [0.25, 0.3) is 11.1 Å². The molecular weight excluding hydrogens is 516 g/mol. The maximum Gasteiger partial charge on any atom is 0.337 e. The molecule has 3 aromatic carbocycles. The van der Waals surface area contributed by atoms with Crippen LogP contribution in [-0.4, -0.2) is 80.8 Å². The Morgan fingerprint density at radius 1 is 1.15 bits per heavy atom. The molecule has 3 aromatic rings. The molecule has 0 aliphatic carbocycles. The van der Waals surface area contributed by atoms with Gasteiger partial charge in [0.1, 0.15) is 0 Å². The molecule has 1 N–H and O–H groups in total. The fourth-order valence-electron chi connectivity index (χ4n) is 4.03. The number of carbonyl (C=O) groups is 3. The number of methoxy groups -OCH3 is 1. The molecule has 2 heterocycles. The van der Waals surface area contributed by atoms with E-state index in [4.69, 9.17) is 23.3 Å². The van der Waals surface area contributed by atoms with Crippen LogP contribution in [0.15, 0.2) is 72.6 Å². The molecule has 0 radical (unpaired) electrons. The molecule has 2 aliphatic heterocycles. The minimum Gasteiger partial charge on any atom is -0.465 e. The highest BCUT2D eigenvalue weighted by atomic mass is 16.5. The molecule has 1 unspecified atom stereocenters. The van der Waals surface area contributed by atoms with Gasteiger partial charge < -0.3 is 19.9 Å². The highest BCUT2D eigenvalue weighted by molar-refractivity contribution is 6.37. The van der Waals surface area contributed by atoms with Crippen LogP contribution >= 0.6 is 0 Å². The van der Waals surface area contributed by atoms with E-state index in [-0.39, 0.29) is 33.0 Å². The lowest BCUT2D eigenvalue weighted by Gasteiger charge is -2.37. The summed E-state index contributed by atoms with van der Waals surface area (Å²) in [5, 5.41) is 2.40. The molecule has 8 nitrogen and oxygen atoms in total. The van der Waals surface area contributed by atoms with Gasteiger partial charge in [0.15, 0.2) is 0 Å². The van der Waals surface area contributed by atoms with Crippen molar-refractivity contribution in [3.05, 3.63) is 94.9 Å². The number of nitrogens with one attached hydrogen (secondary N) is 1. The number of rotatable bonds is 7. The second-order valence-corrected chi connectivity index (χ2v) is 8.93. The van der Waals surface area contributed by atoms with E-state index in [0.29, 0.717) is 9.80 Å². The second kappa shape index (κ2) is 12.1. The van der Waals surface area contributed by atoms with Crippen molar-refractivity contribution < 1.29 is 42.4 Å². The van der Waals surface area contributed by atoms with E-state index < -0.39 is 121 Å². The number of esters is 1. The van der Waals surface area contributed by atoms with Gasteiger partial charge in [-0.05, 0) is 61.3 Å². The maximum atomic E-state index is 13.8. The van der Waals surface area contributed by atoms with Crippen molar-refractivity contribution in [3.63, 3.8) is 0 Å². The van der Waals surface area contributed by atoms with Crippen LogP contribution < -0.4 is 10.2 Å². The summed E-state index contributed by atoms with van der Waals surface area (Å²) in [6, 6.07) is -3.26. The van der Waals surface area contributed by atoms with Crippen molar-refractivity contribution in [2.24, 2.45) is 0 Å². The Balaban J connectivity index is 1.64. The van der Waals surface area contributed by atoms with Gasteiger partial charge in [0, 0.05) is 59.1 Å². The first-order chi connectivity index (χ1) is 26.5. The average molecular weight is 570 g/mol. The first kappa shape index (κ1) is 14.1. The predicted octanol–water partition coefficient (Wildman–Crippen LogP) is 4.18. The Morgan fingerprint density at radius 3 is 2.59 bits per heavy atom. The summed E-state index contributed by atoms with van der Waals surface area (Å²) in [5.41, 5.74) is -2.29. The normalized spacial score (nSPS) is 30.2. The Morgan fingerprint density at radius 2 is 1.88 bits per heavy atom. The van der Waals surface area contributed by atoms with E-state index in [0.717, 1.165) is 28.1 Å². The number of nitrogens with zero attached hydrogens (tertiary/aromatic N) is 3. The van der Waals surface area contributed by atoms with Gasteiger partial charge in [-0.25, -0.2) is 4.79 Å². The lowest BCUT2D eigenvalue weighted by Crippen LogP contribution is -2.52. The standard InChI is InChI=1S/C33H36N4O4/c1-22-20-37(17-16-35(22)2)21-30(38)36(3)26-13-10-23(11-14-26)18-28(24-8-6-5-7-9-24)31-27-15-12-25(33(40)41-4)19-29(27)34-32(31)39/h5-15,19,22H,16-18,20-21H2,1-4H3,(H,34,39)/b31-28+/i5D,6D,7D,8D,9D,12D,15D,16D2,17D2,19D,20D2,21D2,22D. The summed E-state index contributed by atoms with van der Waals surface area (Å²) in [6.07, 6.45) is -0.424. The molecule has 1 atom stereocenters. The van der Waals surface area contributed by atoms with Crippen LogP contribution in [-0.2, 0) is 20.7 Å². The van der Waals surface area contributed by atoms with Gasteiger partial charge in [-0.2, -0.15) is 0 Å². The summed E-state index contributed by atoms with van der Waals surface area (Å²) in [7, 11) is 3.04. The fourth-order valence-corrected chi connectivity index (χ4v) is 4.03. The highest BCUT2D eigenvalue weighted by Crippen LogP contribution is 2.39. The number of hydrogen-bond donors (Lipinski definition) is 1. The molecule has 2 amide bonds. The summed E-state index contributed by atoms with van der Waals surface area (Å²) < 4.78 is 149. The molecule has 41 heavy (non-hydrogen) atoms. The zero-order valence-corrected chi connectivity index (χ0v) is 22.5. The van der Waals surface area contributed by atoms with Crippen molar-refractivity contribution in [2.75, 3.05) is 57.4 Å². The van der Waals surface area contributed by atoms with E-state index in [2.05, 4.69) is 10.1 Å². The van der Waals surface area contributed by atoms with Crippen molar-refractivity contribution >= 4 is 40.3 Å². The molecule has 1 saturated heterocycles. The number of amides is 2. The molecule has 0 aromatic heterocycles. The lowest BCUT2D eigenvalue weighted by molar-refractivity contribution is -0.120. The molecular formula is C33H36N4O4. The molecule has 0 saturated carbocycles. The second-order valence-electron chi connectivity index (χ2n) is 8.93. The molecule has 5 rings (SSSR count). The van der Waals surface area contributed by atoms with E-state index in [9.17, 15) is 14.4 Å². The van der Waals surface area contributed by atoms with Gasteiger partial charge >= 0.3 is 5.97 Å². The van der Waals surface area contributed by atoms with Gasteiger partial charge in [-0.3, -0.25) is 14.5 Å². The van der Waals surface area contributed by atoms with Gasteiger partial charge in [0.25, 0.3) is 5.91 Å². The first-order valence-corrected chi connectivity index (χ1v) is 12.2. The number of anilines is 2. The van der Waals surface area contributed by atoms with Crippen LogP contribution in [0.3, 0.4) is 0 Å². The number of ether oxygens (including phenoxy) is 1. The quantitative estimate of drug-likeness (QED) is 0.340. The van der Waals surface area contributed by atoms with Gasteiger partial charge in [-0.1, -0.05) is 48.4 Å². The molecule has 1 fully saturated rings. The smallest absolute Gasteiger partial charge is 0.337 e. The lowest BCUT2D eigenvalue weighted by atomic mass is 9.90. The average Bonchev–Trinajstić information content (AvgIpc) is 3.50. The number of allylic oxidation sites excluding steroid dienone is 1. The third kappa shape index (κ3) is 6.09. The van der Waals surface area contributed by atoms with Crippen LogP contribution in [0.5, 0.6) is 0 Å². The van der Waals surface area contributed by atoms with Crippen LogP contribution in [0.2, 0.25) is 0 Å². The third-order valence-electron chi connectivity index (χ3n) is 6.34. The van der Waals surface area contributed by atoms with Gasteiger partial charge in [0.05, 0.1) is 38.5 Å². The van der Waals surface area contributed by atoms with Crippen LogP contribution in [0.4, 0.5) is 11.4 Å². The van der Waals surface area contributed by atoms with Crippen molar-refractivity contribution in [1.82, 2.24) is 9.80 Å². The highest BCUT2D eigenvalue weighted by Gasteiger charge is 2.29. The van der Waals surface area contributed by atoms with E-state index >= 15 is 0 Å². The van der Waals surface area contributed by atoms with Crippen molar-refractivity contribution in [1.29, 1.82) is 0 Å².